The van der Waals surface area contributed by atoms with Crippen molar-refractivity contribution in [1.82, 2.24) is 4.31 Å². The molecule has 0 aromatic heterocycles. The van der Waals surface area contributed by atoms with Crippen molar-refractivity contribution in [2.75, 3.05) is 6.54 Å². The van der Waals surface area contributed by atoms with Crippen LogP contribution in [0.2, 0.25) is 0 Å². The highest BCUT2D eigenvalue weighted by atomic mass is 32.2. The molecule has 0 saturated carbocycles. The van der Waals surface area contributed by atoms with Gasteiger partial charge in [-0.15, -0.1) is 0 Å². The standard InChI is InChI=1S/C13H10N2O5S/c1-9-6-13(17)15(21(18,19)20-9)8-12(16)11-4-2-10(7-14)3-5-11/h2-6H,8H2,1H3. The van der Waals surface area contributed by atoms with Crippen molar-refractivity contribution in [2.24, 2.45) is 0 Å². The molecular formula is C13H10N2O5S. The Labute approximate surface area is 121 Å². The lowest BCUT2D eigenvalue weighted by atomic mass is 10.1. The van der Waals surface area contributed by atoms with Crippen LogP contribution in [0.25, 0.3) is 0 Å². The van der Waals surface area contributed by atoms with Gasteiger partial charge in [-0.05, 0) is 19.1 Å². The summed E-state index contributed by atoms with van der Waals surface area (Å²) >= 11 is 0. The zero-order chi connectivity index (χ0) is 15.6. The molecule has 0 unspecified atom stereocenters. The highest BCUT2D eigenvalue weighted by Gasteiger charge is 2.34. The normalized spacial score (nSPS) is 16.7. The second-order valence-electron chi connectivity index (χ2n) is 4.25. The number of benzene rings is 1. The van der Waals surface area contributed by atoms with Crippen LogP contribution in [0, 0.1) is 11.3 Å². The van der Waals surface area contributed by atoms with E-state index in [1.807, 2.05) is 6.07 Å². The number of carbonyl (C=O) groups is 2. The number of carbonyl (C=O) groups excluding carboxylic acids is 2. The molecule has 21 heavy (non-hydrogen) atoms. The Morgan fingerprint density at radius 1 is 1.33 bits per heavy atom. The number of Topliss-reactive ketones (excluding diaryl/α,β-unsaturated/α-hetero) is 1. The minimum Gasteiger partial charge on any atom is -0.371 e. The molecule has 1 aromatic rings. The van der Waals surface area contributed by atoms with E-state index >= 15 is 0 Å². The van der Waals surface area contributed by atoms with E-state index in [2.05, 4.69) is 4.18 Å². The molecule has 0 atom stereocenters. The van der Waals surface area contributed by atoms with E-state index in [1.165, 1.54) is 31.2 Å². The van der Waals surface area contributed by atoms with Gasteiger partial charge in [0.2, 0.25) is 0 Å². The number of amides is 1. The van der Waals surface area contributed by atoms with Gasteiger partial charge in [-0.1, -0.05) is 12.1 Å². The van der Waals surface area contributed by atoms with Crippen molar-refractivity contribution < 1.29 is 22.2 Å². The molecule has 0 aliphatic carbocycles. The molecule has 108 valence electrons. The van der Waals surface area contributed by atoms with Gasteiger partial charge in [0.1, 0.15) is 12.3 Å². The fraction of sp³-hybridized carbons (Fsp3) is 0.154. The van der Waals surface area contributed by atoms with Gasteiger partial charge in [-0.3, -0.25) is 9.59 Å². The molecule has 1 aromatic carbocycles. The summed E-state index contributed by atoms with van der Waals surface area (Å²) in [5.41, 5.74) is 0.568. The van der Waals surface area contributed by atoms with Crippen molar-refractivity contribution in [3.05, 3.63) is 47.2 Å². The number of nitriles is 1. The Morgan fingerprint density at radius 3 is 2.48 bits per heavy atom. The summed E-state index contributed by atoms with van der Waals surface area (Å²) in [5.74, 6) is -1.46. The quantitative estimate of drug-likeness (QED) is 0.763. The summed E-state index contributed by atoms with van der Waals surface area (Å²) in [6.07, 6.45) is 0.993. The van der Waals surface area contributed by atoms with Crippen molar-refractivity contribution in [2.45, 2.75) is 6.92 Å². The van der Waals surface area contributed by atoms with Crippen LogP contribution in [-0.2, 0) is 19.3 Å². The summed E-state index contributed by atoms with van der Waals surface area (Å²) in [6, 6.07) is 7.55. The van der Waals surface area contributed by atoms with Crippen LogP contribution in [0.15, 0.2) is 36.1 Å². The van der Waals surface area contributed by atoms with E-state index in [0.717, 1.165) is 6.08 Å². The average Bonchev–Trinajstić information content (AvgIpc) is 2.42. The van der Waals surface area contributed by atoms with Crippen molar-refractivity contribution in [3.8, 4) is 6.07 Å². The minimum absolute atomic E-state index is 0.0536. The van der Waals surface area contributed by atoms with E-state index in [0.29, 0.717) is 9.87 Å². The maximum absolute atomic E-state index is 12.0. The van der Waals surface area contributed by atoms with Crippen LogP contribution in [0.3, 0.4) is 0 Å². The third-order valence-electron chi connectivity index (χ3n) is 2.70. The van der Waals surface area contributed by atoms with E-state index in [4.69, 9.17) is 5.26 Å². The van der Waals surface area contributed by atoms with Gasteiger partial charge in [0.15, 0.2) is 5.78 Å². The zero-order valence-electron chi connectivity index (χ0n) is 10.9. The number of hydrogen-bond donors (Lipinski definition) is 0. The molecule has 0 radical (unpaired) electrons. The molecule has 1 aliphatic heterocycles. The molecule has 1 aliphatic rings. The number of ketones is 1. The summed E-state index contributed by atoms with van der Waals surface area (Å²) < 4.78 is 28.4. The largest absolute Gasteiger partial charge is 0.412 e. The minimum atomic E-state index is -4.30. The first kappa shape index (κ1) is 14.7. The van der Waals surface area contributed by atoms with Crippen LogP contribution in [0.1, 0.15) is 22.8 Å². The maximum Gasteiger partial charge on any atom is 0.412 e. The van der Waals surface area contributed by atoms with Crippen molar-refractivity contribution in [1.29, 1.82) is 5.26 Å². The predicted molar refractivity (Wildman–Crippen MR) is 71.0 cm³/mol. The lowest BCUT2D eigenvalue weighted by Crippen LogP contribution is -2.42. The summed E-state index contributed by atoms with van der Waals surface area (Å²) in [4.78, 5) is 23.7. The molecule has 7 nitrogen and oxygen atoms in total. The Balaban J connectivity index is 2.22. The smallest absolute Gasteiger partial charge is 0.371 e. The monoisotopic (exact) mass is 306 g/mol. The Hall–Kier alpha value is -2.66. The zero-order valence-corrected chi connectivity index (χ0v) is 11.8. The molecule has 1 heterocycles. The summed E-state index contributed by atoms with van der Waals surface area (Å²) in [7, 11) is -4.30. The third kappa shape index (κ3) is 3.09. The maximum atomic E-state index is 12.0. The highest BCUT2D eigenvalue weighted by Crippen LogP contribution is 2.17. The number of hydrogen-bond acceptors (Lipinski definition) is 6. The first-order valence-corrected chi connectivity index (χ1v) is 7.18. The van der Waals surface area contributed by atoms with Gasteiger partial charge in [0.05, 0.1) is 11.6 Å². The Bertz CT molecular complexity index is 772. The first-order chi connectivity index (χ1) is 9.83. The third-order valence-corrected chi connectivity index (χ3v) is 4.02. The molecule has 0 fully saturated rings. The van der Waals surface area contributed by atoms with Crippen LogP contribution in [0.5, 0.6) is 0 Å². The first-order valence-electron chi connectivity index (χ1n) is 5.81. The van der Waals surface area contributed by atoms with Crippen LogP contribution >= 0.6 is 0 Å². The van der Waals surface area contributed by atoms with Gasteiger partial charge in [-0.2, -0.15) is 18.0 Å². The average molecular weight is 306 g/mol. The van der Waals surface area contributed by atoms with Crippen LogP contribution in [0.4, 0.5) is 0 Å². The van der Waals surface area contributed by atoms with E-state index < -0.39 is 28.5 Å². The van der Waals surface area contributed by atoms with Crippen molar-refractivity contribution in [3.63, 3.8) is 0 Å². The number of rotatable bonds is 3. The Kier molecular flexibility index (Phi) is 3.78. The van der Waals surface area contributed by atoms with E-state index in [-0.39, 0.29) is 11.3 Å². The molecule has 8 heteroatoms. The SMILES string of the molecule is CC1=CC(=O)N(CC(=O)c2ccc(C#N)cc2)S(=O)(=O)O1. The lowest BCUT2D eigenvalue weighted by molar-refractivity contribution is -0.122. The molecule has 0 bridgehead atoms. The molecular weight excluding hydrogens is 296 g/mol. The molecule has 1 amide bonds. The van der Waals surface area contributed by atoms with Gasteiger partial charge in [-0.25, -0.2) is 0 Å². The van der Waals surface area contributed by atoms with Crippen LogP contribution in [-0.4, -0.2) is 31.0 Å². The molecule has 2 rings (SSSR count). The Morgan fingerprint density at radius 2 is 1.95 bits per heavy atom. The number of nitrogens with zero attached hydrogens (tertiary/aromatic N) is 2. The second kappa shape index (κ2) is 5.38. The summed E-state index contributed by atoms with van der Waals surface area (Å²) in [6.45, 7) is 0.673. The topological polar surface area (TPSA) is 105 Å². The number of allylic oxidation sites excluding steroid dienone is 1. The predicted octanol–water partition coefficient (Wildman–Crippen LogP) is 0.748. The van der Waals surface area contributed by atoms with E-state index in [1.54, 1.807) is 0 Å². The lowest BCUT2D eigenvalue weighted by Gasteiger charge is -2.23. The van der Waals surface area contributed by atoms with E-state index in [9.17, 15) is 18.0 Å². The van der Waals surface area contributed by atoms with Crippen molar-refractivity contribution >= 4 is 22.0 Å². The van der Waals surface area contributed by atoms with Gasteiger partial charge < -0.3 is 4.18 Å². The van der Waals surface area contributed by atoms with Gasteiger partial charge in [0, 0.05) is 11.6 Å². The molecule has 0 N–H and O–H groups in total. The highest BCUT2D eigenvalue weighted by molar-refractivity contribution is 7.85. The fourth-order valence-electron chi connectivity index (χ4n) is 1.70. The fourth-order valence-corrected chi connectivity index (χ4v) is 2.72. The van der Waals surface area contributed by atoms with Crippen LogP contribution < -0.4 is 0 Å². The molecule has 0 saturated heterocycles. The van der Waals surface area contributed by atoms with Gasteiger partial charge >= 0.3 is 10.3 Å². The second-order valence-corrected chi connectivity index (χ2v) is 5.72. The molecule has 0 spiro atoms. The summed E-state index contributed by atoms with van der Waals surface area (Å²) in [5, 5.41) is 8.67. The van der Waals surface area contributed by atoms with Gasteiger partial charge in [0.25, 0.3) is 5.91 Å².